The van der Waals surface area contributed by atoms with E-state index in [2.05, 4.69) is 24.3 Å². The maximum absolute atomic E-state index is 8.97. The maximum atomic E-state index is 8.97. The molecule has 2 heteroatoms. The first-order chi connectivity index (χ1) is 8.29. The average Bonchev–Trinajstić information content (AvgIpc) is 2.40. The van der Waals surface area contributed by atoms with Crippen LogP contribution in [0.1, 0.15) is 22.7 Å². The van der Waals surface area contributed by atoms with Gasteiger partial charge >= 0.3 is 0 Å². The predicted molar refractivity (Wildman–Crippen MR) is 69.7 cm³/mol. The fourth-order valence-corrected chi connectivity index (χ4v) is 1.82. The zero-order valence-corrected chi connectivity index (χ0v) is 9.71. The Bertz CT molecular complexity index is 450. The van der Waals surface area contributed by atoms with Gasteiger partial charge in [-0.3, -0.25) is 0 Å². The Labute approximate surface area is 102 Å². The summed E-state index contributed by atoms with van der Waals surface area (Å²) in [5.41, 5.74) is 9.28. The van der Waals surface area contributed by atoms with Gasteiger partial charge in [-0.25, -0.2) is 0 Å². The van der Waals surface area contributed by atoms with E-state index >= 15 is 0 Å². The molecule has 17 heavy (non-hydrogen) atoms. The van der Waals surface area contributed by atoms with Crippen LogP contribution >= 0.6 is 0 Å². The van der Waals surface area contributed by atoms with Gasteiger partial charge < -0.3 is 10.8 Å². The molecule has 0 amide bonds. The molecule has 0 fully saturated rings. The third-order valence-electron chi connectivity index (χ3n) is 2.86. The number of hydrogen-bond acceptors (Lipinski definition) is 2. The Kier molecular flexibility index (Phi) is 3.91. The molecule has 2 nitrogen and oxygen atoms in total. The monoisotopic (exact) mass is 227 g/mol. The van der Waals surface area contributed by atoms with Crippen molar-refractivity contribution in [2.75, 3.05) is 6.61 Å². The van der Waals surface area contributed by atoms with Crippen molar-refractivity contribution in [2.24, 2.45) is 5.73 Å². The van der Waals surface area contributed by atoms with Gasteiger partial charge in [-0.15, -0.1) is 0 Å². The van der Waals surface area contributed by atoms with Crippen LogP contribution in [-0.2, 0) is 6.42 Å². The average molecular weight is 227 g/mol. The summed E-state index contributed by atoms with van der Waals surface area (Å²) in [6.07, 6.45) is 0.926. The van der Waals surface area contributed by atoms with E-state index in [4.69, 9.17) is 10.8 Å². The lowest BCUT2D eigenvalue weighted by molar-refractivity contribution is 0.268. The van der Waals surface area contributed by atoms with E-state index < -0.39 is 0 Å². The summed E-state index contributed by atoms with van der Waals surface area (Å²) in [4.78, 5) is 0. The molecular formula is C15H17NO. The van der Waals surface area contributed by atoms with E-state index in [1.807, 2.05) is 30.3 Å². The first-order valence-corrected chi connectivity index (χ1v) is 5.79. The number of aliphatic hydroxyl groups is 1. The van der Waals surface area contributed by atoms with Crippen LogP contribution < -0.4 is 5.73 Å². The normalized spacial score (nSPS) is 12.4. The fraction of sp³-hybridized carbons (Fsp3) is 0.200. The largest absolute Gasteiger partial charge is 0.394 e. The molecule has 0 spiro atoms. The number of benzene rings is 2. The first kappa shape index (κ1) is 11.8. The Morgan fingerprint density at radius 3 is 2.06 bits per heavy atom. The number of rotatable bonds is 4. The van der Waals surface area contributed by atoms with E-state index in [-0.39, 0.29) is 12.6 Å². The highest BCUT2D eigenvalue weighted by Crippen LogP contribution is 2.14. The van der Waals surface area contributed by atoms with Gasteiger partial charge in [-0.2, -0.15) is 0 Å². The van der Waals surface area contributed by atoms with Gasteiger partial charge in [0.2, 0.25) is 0 Å². The van der Waals surface area contributed by atoms with E-state index in [9.17, 15) is 0 Å². The Hall–Kier alpha value is -1.64. The molecule has 2 aromatic carbocycles. The first-order valence-electron chi connectivity index (χ1n) is 5.79. The van der Waals surface area contributed by atoms with Crippen molar-refractivity contribution >= 4 is 0 Å². The molecule has 0 aliphatic carbocycles. The van der Waals surface area contributed by atoms with Crippen LogP contribution in [0.3, 0.4) is 0 Å². The van der Waals surface area contributed by atoms with Crippen LogP contribution in [0.15, 0.2) is 54.6 Å². The smallest absolute Gasteiger partial charge is 0.0624 e. The number of hydrogen-bond donors (Lipinski definition) is 2. The molecule has 0 radical (unpaired) electrons. The van der Waals surface area contributed by atoms with Gasteiger partial charge in [0, 0.05) is 0 Å². The van der Waals surface area contributed by atoms with Crippen molar-refractivity contribution in [1.29, 1.82) is 0 Å². The minimum absolute atomic E-state index is 0.0158. The van der Waals surface area contributed by atoms with Gasteiger partial charge in [-0.05, 0) is 23.1 Å². The van der Waals surface area contributed by atoms with E-state index in [0.29, 0.717) is 0 Å². The van der Waals surface area contributed by atoms with Gasteiger partial charge in [0.15, 0.2) is 0 Å². The Morgan fingerprint density at radius 1 is 0.882 bits per heavy atom. The topological polar surface area (TPSA) is 46.2 Å². The van der Waals surface area contributed by atoms with Crippen LogP contribution in [0, 0.1) is 0 Å². The molecule has 0 bridgehead atoms. The lowest BCUT2D eigenvalue weighted by atomic mass is 10.0. The van der Waals surface area contributed by atoms with Gasteiger partial charge in [0.1, 0.15) is 0 Å². The fourth-order valence-electron chi connectivity index (χ4n) is 1.82. The van der Waals surface area contributed by atoms with Crippen LogP contribution in [0.4, 0.5) is 0 Å². The summed E-state index contributed by atoms with van der Waals surface area (Å²) >= 11 is 0. The Balaban J connectivity index is 2.08. The van der Waals surface area contributed by atoms with Crippen molar-refractivity contribution in [3.05, 3.63) is 71.3 Å². The summed E-state index contributed by atoms with van der Waals surface area (Å²) in [6, 6.07) is 18.2. The second kappa shape index (κ2) is 5.62. The third kappa shape index (κ3) is 3.16. The third-order valence-corrected chi connectivity index (χ3v) is 2.86. The van der Waals surface area contributed by atoms with Crippen LogP contribution in [0.25, 0.3) is 0 Å². The second-order valence-corrected chi connectivity index (χ2v) is 4.19. The highest BCUT2D eigenvalue weighted by molar-refractivity contribution is 5.29. The molecule has 0 saturated heterocycles. The second-order valence-electron chi connectivity index (χ2n) is 4.19. The molecule has 0 aromatic heterocycles. The maximum Gasteiger partial charge on any atom is 0.0624 e. The Morgan fingerprint density at radius 2 is 1.47 bits per heavy atom. The van der Waals surface area contributed by atoms with Crippen molar-refractivity contribution < 1.29 is 5.11 Å². The van der Waals surface area contributed by atoms with Crippen LogP contribution in [0.5, 0.6) is 0 Å². The summed E-state index contributed by atoms with van der Waals surface area (Å²) in [5.74, 6) is 0. The highest BCUT2D eigenvalue weighted by atomic mass is 16.3. The van der Waals surface area contributed by atoms with E-state index in [0.717, 1.165) is 12.0 Å². The van der Waals surface area contributed by atoms with Crippen molar-refractivity contribution in [3.63, 3.8) is 0 Å². The lowest BCUT2D eigenvalue weighted by Gasteiger charge is -2.09. The van der Waals surface area contributed by atoms with Crippen molar-refractivity contribution in [2.45, 2.75) is 12.5 Å². The molecule has 3 N–H and O–H groups in total. The van der Waals surface area contributed by atoms with Gasteiger partial charge in [0.05, 0.1) is 12.6 Å². The van der Waals surface area contributed by atoms with Crippen molar-refractivity contribution in [1.82, 2.24) is 0 Å². The van der Waals surface area contributed by atoms with E-state index in [1.165, 1.54) is 11.1 Å². The summed E-state index contributed by atoms with van der Waals surface area (Å²) in [7, 11) is 0. The van der Waals surface area contributed by atoms with E-state index in [1.54, 1.807) is 0 Å². The summed E-state index contributed by atoms with van der Waals surface area (Å²) in [6.45, 7) is -0.0158. The minimum atomic E-state index is -0.277. The van der Waals surface area contributed by atoms with Crippen LogP contribution in [0.2, 0.25) is 0 Å². The van der Waals surface area contributed by atoms with Gasteiger partial charge in [0.25, 0.3) is 0 Å². The molecule has 0 unspecified atom stereocenters. The molecule has 1 atom stereocenters. The zero-order chi connectivity index (χ0) is 12.1. The summed E-state index contributed by atoms with van der Waals surface area (Å²) in [5, 5.41) is 8.97. The number of aliphatic hydroxyl groups excluding tert-OH is 1. The van der Waals surface area contributed by atoms with Gasteiger partial charge in [-0.1, -0.05) is 54.6 Å². The molecule has 88 valence electrons. The SMILES string of the molecule is N[C@H](CO)c1ccc(Cc2ccccc2)cc1. The number of nitrogens with two attached hydrogens (primary N) is 1. The van der Waals surface area contributed by atoms with Crippen LogP contribution in [-0.4, -0.2) is 11.7 Å². The quantitative estimate of drug-likeness (QED) is 0.841. The predicted octanol–water partition coefficient (Wildman–Crippen LogP) is 2.27. The lowest BCUT2D eigenvalue weighted by Crippen LogP contribution is -2.14. The molecule has 0 saturated carbocycles. The van der Waals surface area contributed by atoms with Crippen molar-refractivity contribution in [3.8, 4) is 0 Å². The molecular weight excluding hydrogens is 210 g/mol. The molecule has 0 heterocycles. The zero-order valence-electron chi connectivity index (χ0n) is 9.71. The molecule has 2 rings (SSSR count). The standard InChI is InChI=1S/C15H17NO/c16-15(11-17)14-8-6-13(7-9-14)10-12-4-2-1-3-5-12/h1-9,15,17H,10-11,16H2/t15-/m1/s1. The molecule has 0 aliphatic rings. The molecule has 0 aliphatic heterocycles. The highest BCUT2D eigenvalue weighted by Gasteiger charge is 2.03. The minimum Gasteiger partial charge on any atom is -0.394 e. The molecule has 2 aromatic rings. The summed E-state index contributed by atoms with van der Waals surface area (Å²) < 4.78 is 0.